The van der Waals surface area contributed by atoms with Crippen molar-refractivity contribution in [3.63, 3.8) is 0 Å². The Hall–Kier alpha value is -4.62. The van der Waals surface area contributed by atoms with E-state index in [2.05, 4.69) is 34.4 Å². The zero-order valence-corrected chi connectivity index (χ0v) is 21.8. The highest BCUT2D eigenvalue weighted by atomic mass is 16.5. The quantitative estimate of drug-likeness (QED) is 0.128. The van der Waals surface area contributed by atoms with E-state index in [0.29, 0.717) is 23.5 Å². The molecule has 9 nitrogen and oxygen atoms in total. The Morgan fingerprint density at radius 2 is 1.64 bits per heavy atom. The van der Waals surface area contributed by atoms with Crippen LogP contribution in [0.15, 0.2) is 79.4 Å². The van der Waals surface area contributed by atoms with Gasteiger partial charge in [0.15, 0.2) is 0 Å². The van der Waals surface area contributed by atoms with Gasteiger partial charge in [-0.1, -0.05) is 42.7 Å². The molecule has 39 heavy (non-hydrogen) atoms. The number of rotatable bonds is 11. The van der Waals surface area contributed by atoms with Gasteiger partial charge < -0.3 is 25.8 Å². The first-order valence-electron chi connectivity index (χ1n) is 12.2. The lowest BCUT2D eigenvalue weighted by Crippen LogP contribution is -2.48. The summed E-state index contributed by atoms with van der Waals surface area (Å²) in [4.78, 5) is 24.0. The minimum Gasteiger partial charge on any atom is -0.497 e. The van der Waals surface area contributed by atoms with Crippen molar-refractivity contribution in [2.24, 2.45) is 0 Å². The van der Waals surface area contributed by atoms with Crippen LogP contribution in [0.3, 0.4) is 0 Å². The second kappa shape index (κ2) is 14.4. The lowest BCUT2D eigenvalue weighted by atomic mass is 10.1. The molecule has 202 valence electrons. The summed E-state index contributed by atoms with van der Waals surface area (Å²) in [6, 6.07) is 21.1. The number of ether oxygens (including phenoxy) is 1. The molecule has 0 saturated carbocycles. The van der Waals surface area contributed by atoms with Crippen LogP contribution in [0.2, 0.25) is 0 Å². The molecule has 0 spiro atoms. The molecule has 0 aromatic heterocycles. The number of aliphatic hydroxyl groups is 1. The lowest BCUT2D eigenvalue weighted by Gasteiger charge is -2.21. The van der Waals surface area contributed by atoms with Crippen LogP contribution in [0.5, 0.6) is 5.75 Å². The maximum atomic E-state index is 12.3. The first kappa shape index (κ1) is 28.9. The summed E-state index contributed by atoms with van der Waals surface area (Å²) in [5.74, 6) is 6.03. The number of hydrogen-bond acceptors (Lipinski definition) is 7. The zero-order chi connectivity index (χ0) is 28.2. The fourth-order valence-corrected chi connectivity index (χ4v) is 3.59. The fraction of sp³-hybridized carbons (Fsp3) is 0.200. The average Bonchev–Trinajstić information content (AvgIpc) is 2.95. The molecular formula is C30H32N4O5. The largest absolute Gasteiger partial charge is 0.497 e. The molecule has 0 aliphatic rings. The highest BCUT2D eigenvalue weighted by molar-refractivity contribution is 5.92. The number of carbonyl (C=O) groups is 2. The highest BCUT2D eigenvalue weighted by Crippen LogP contribution is 2.14. The van der Waals surface area contributed by atoms with E-state index in [1.54, 1.807) is 31.4 Å². The SMILES string of the molecule is C=C(N[C@H](C(=O)NO)[C@@H](C)O)c1ccc(C#Cc2ccc(NC(=O)CNCc3cccc(OC)c3)cc2)cc1. The summed E-state index contributed by atoms with van der Waals surface area (Å²) in [5, 5.41) is 27.4. The minimum absolute atomic E-state index is 0.148. The minimum atomic E-state index is -1.05. The Morgan fingerprint density at radius 1 is 1.00 bits per heavy atom. The van der Waals surface area contributed by atoms with Crippen LogP contribution in [-0.4, -0.2) is 47.9 Å². The van der Waals surface area contributed by atoms with Crippen LogP contribution in [0.4, 0.5) is 5.69 Å². The Morgan fingerprint density at radius 3 is 2.23 bits per heavy atom. The molecule has 0 aliphatic carbocycles. The van der Waals surface area contributed by atoms with Crippen molar-refractivity contribution in [3.8, 4) is 17.6 Å². The molecular weight excluding hydrogens is 496 g/mol. The molecule has 0 fully saturated rings. The molecule has 0 saturated heterocycles. The van der Waals surface area contributed by atoms with E-state index in [1.165, 1.54) is 12.4 Å². The summed E-state index contributed by atoms with van der Waals surface area (Å²) < 4.78 is 5.21. The van der Waals surface area contributed by atoms with E-state index < -0.39 is 18.1 Å². The van der Waals surface area contributed by atoms with E-state index in [9.17, 15) is 14.7 Å². The Kier molecular flexibility index (Phi) is 10.7. The van der Waals surface area contributed by atoms with E-state index in [0.717, 1.165) is 22.4 Å². The van der Waals surface area contributed by atoms with Gasteiger partial charge in [-0.2, -0.15) is 0 Å². The van der Waals surface area contributed by atoms with Gasteiger partial charge in [-0.05, 0) is 66.6 Å². The molecule has 0 unspecified atom stereocenters. The zero-order valence-electron chi connectivity index (χ0n) is 21.8. The third-order valence-corrected chi connectivity index (χ3v) is 5.71. The first-order chi connectivity index (χ1) is 18.8. The van der Waals surface area contributed by atoms with E-state index in [1.807, 2.05) is 48.5 Å². The van der Waals surface area contributed by atoms with Crippen molar-refractivity contribution in [2.75, 3.05) is 19.0 Å². The Balaban J connectivity index is 1.50. The normalized spacial score (nSPS) is 11.8. The summed E-state index contributed by atoms with van der Waals surface area (Å²) in [6.45, 7) is 6.05. The lowest BCUT2D eigenvalue weighted by molar-refractivity contribution is -0.133. The molecule has 0 heterocycles. The molecule has 0 radical (unpaired) electrons. The van der Waals surface area contributed by atoms with Gasteiger partial charge in [-0.15, -0.1) is 0 Å². The number of methoxy groups -OCH3 is 1. The van der Waals surface area contributed by atoms with Gasteiger partial charge in [-0.25, -0.2) is 5.48 Å². The summed E-state index contributed by atoms with van der Waals surface area (Å²) in [5.41, 5.74) is 5.90. The van der Waals surface area contributed by atoms with Crippen LogP contribution >= 0.6 is 0 Å². The van der Waals surface area contributed by atoms with Crippen molar-refractivity contribution in [1.82, 2.24) is 16.1 Å². The van der Waals surface area contributed by atoms with E-state index >= 15 is 0 Å². The molecule has 6 N–H and O–H groups in total. The molecule has 3 aromatic rings. The van der Waals surface area contributed by atoms with Crippen molar-refractivity contribution < 1.29 is 24.6 Å². The van der Waals surface area contributed by atoms with E-state index in [4.69, 9.17) is 9.94 Å². The molecule has 2 atom stereocenters. The van der Waals surface area contributed by atoms with Gasteiger partial charge in [0.05, 0.1) is 19.8 Å². The average molecular weight is 529 g/mol. The number of aliphatic hydroxyl groups excluding tert-OH is 1. The molecule has 0 bridgehead atoms. The predicted molar refractivity (Wildman–Crippen MR) is 150 cm³/mol. The fourth-order valence-electron chi connectivity index (χ4n) is 3.59. The van der Waals surface area contributed by atoms with Crippen molar-refractivity contribution >= 4 is 23.2 Å². The Labute approximate surface area is 227 Å². The number of carbonyl (C=O) groups excluding carboxylic acids is 2. The number of hydroxylamine groups is 1. The van der Waals surface area contributed by atoms with Gasteiger partial charge in [-0.3, -0.25) is 14.8 Å². The van der Waals surface area contributed by atoms with Crippen LogP contribution in [0.25, 0.3) is 5.70 Å². The van der Waals surface area contributed by atoms with Crippen molar-refractivity contribution in [1.29, 1.82) is 0 Å². The number of anilines is 1. The topological polar surface area (TPSA) is 132 Å². The maximum Gasteiger partial charge on any atom is 0.268 e. The monoisotopic (exact) mass is 528 g/mol. The van der Waals surface area contributed by atoms with Crippen LogP contribution in [0.1, 0.15) is 29.2 Å². The molecule has 0 aliphatic heterocycles. The van der Waals surface area contributed by atoms with Gasteiger partial charge in [0, 0.05) is 29.1 Å². The van der Waals surface area contributed by atoms with Gasteiger partial charge in [0.1, 0.15) is 11.8 Å². The number of hydrogen-bond donors (Lipinski definition) is 6. The van der Waals surface area contributed by atoms with Crippen LogP contribution in [-0.2, 0) is 16.1 Å². The molecule has 3 rings (SSSR count). The third-order valence-electron chi connectivity index (χ3n) is 5.71. The molecule has 3 aromatic carbocycles. The Bertz CT molecular complexity index is 1340. The molecule has 9 heteroatoms. The number of nitrogens with one attached hydrogen (secondary N) is 4. The van der Waals surface area contributed by atoms with Crippen LogP contribution < -0.4 is 26.2 Å². The van der Waals surface area contributed by atoms with Gasteiger partial charge in [0.25, 0.3) is 5.91 Å². The maximum absolute atomic E-state index is 12.3. The van der Waals surface area contributed by atoms with E-state index in [-0.39, 0.29) is 12.5 Å². The van der Waals surface area contributed by atoms with Crippen molar-refractivity contribution in [2.45, 2.75) is 25.6 Å². The van der Waals surface area contributed by atoms with Gasteiger partial charge in [0.2, 0.25) is 5.91 Å². The smallest absolute Gasteiger partial charge is 0.268 e. The number of benzene rings is 3. The van der Waals surface area contributed by atoms with Crippen molar-refractivity contribution in [3.05, 3.63) is 102 Å². The standard InChI is InChI=1S/C30H32N4O5/c1-20(32-29(21(2)35)30(37)34-38)25-13-9-22(10-14-25)7-8-23-11-15-26(16-12-23)33-28(36)19-31-18-24-5-4-6-27(17-24)39-3/h4-6,9-17,21,29,31-32,35,38H,1,18-19H2,2-3H3,(H,33,36)(H,34,37)/t21-,29+/m1/s1. The third kappa shape index (κ3) is 9.02. The van der Waals surface area contributed by atoms with Crippen LogP contribution in [0, 0.1) is 11.8 Å². The second-order valence-electron chi connectivity index (χ2n) is 8.73. The molecule has 2 amide bonds. The number of amides is 2. The first-order valence-corrected chi connectivity index (χ1v) is 12.2. The summed E-state index contributed by atoms with van der Waals surface area (Å²) in [6.07, 6.45) is -1.04. The van der Waals surface area contributed by atoms with Gasteiger partial charge >= 0.3 is 0 Å². The second-order valence-corrected chi connectivity index (χ2v) is 8.73. The summed E-state index contributed by atoms with van der Waals surface area (Å²) in [7, 11) is 1.62. The predicted octanol–water partition coefficient (Wildman–Crippen LogP) is 2.64. The summed E-state index contributed by atoms with van der Waals surface area (Å²) >= 11 is 0. The highest BCUT2D eigenvalue weighted by Gasteiger charge is 2.23.